The number of carboxylic acid groups (broad SMARTS) is 1. The van der Waals surface area contributed by atoms with Gasteiger partial charge in [-0.15, -0.1) is 4.83 Å². The Morgan fingerprint density at radius 1 is 1.15 bits per heavy atom. The zero-order valence-corrected chi connectivity index (χ0v) is 18.7. The molecule has 3 aromatic rings. The smallest absolute Gasteiger partial charge is 0.341 e. The first-order valence-corrected chi connectivity index (χ1v) is 11.4. The second kappa shape index (κ2) is 9.79. The summed E-state index contributed by atoms with van der Waals surface area (Å²) in [5, 5.41) is 13.4. The van der Waals surface area contributed by atoms with Gasteiger partial charge >= 0.3 is 5.97 Å². The molecule has 0 aliphatic carbocycles. The van der Waals surface area contributed by atoms with Gasteiger partial charge in [0, 0.05) is 11.9 Å². The molecule has 33 heavy (non-hydrogen) atoms. The second-order valence-electron chi connectivity index (χ2n) is 7.09. The molecule has 0 atom stereocenters. The third kappa shape index (κ3) is 5.35. The fourth-order valence-corrected chi connectivity index (χ4v) is 4.01. The standard InChI is InChI=1S/C21H22N4O7S/c1-3-10-25-21(29)16-7-5-4-6-15(16)19(23-25)20(28)22-24-33(30,31)14-8-9-17(13(2)11-14)32-12-18(26)27/h4-9,11,24H,3,10,12H2,1-2H3,(H,22,28)(H,26,27). The lowest BCUT2D eigenvalue weighted by atomic mass is 10.1. The number of aliphatic carboxylic acids is 1. The summed E-state index contributed by atoms with van der Waals surface area (Å²) in [6, 6.07) is 10.3. The lowest BCUT2D eigenvalue weighted by Gasteiger charge is -2.13. The van der Waals surface area contributed by atoms with Crippen molar-refractivity contribution in [2.24, 2.45) is 0 Å². The van der Waals surface area contributed by atoms with E-state index >= 15 is 0 Å². The van der Waals surface area contributed by atoms with Crippen LogP contribution in [0.25, 0.3) is 10.8 Å². The number of carbonyl (C=O) groups excluding carboxylic acids is 1. The molecular formula is C21H22N4O7S. The first kappa shape index (κ1) is 23.9. The van der Waals surface area contributed by atoms with Gasteiger partial charge in [0.25, 0.3) is 21.5 Å². The zero-order valence-electron chi connectivity index (χ0n) is 17.9. The van der Waals surface area contributed by atoms with Crippen molar-refractivity contribution in [3.05, 3.63) is 64.1 Å². The summed E-state index contributed by atoms with van der Waals surface area (Å²) in [5.74, 6) is -1.78. The zero-order chi connectivity index (χ0) is 24.2. The molecule has 0 aliphatic rings. The number of ether oxygens (including phenoxy) is 1. The van der Waals surface area contributed by atoms with Crippen LogP contribution in [0.15, 0.2) is 52.2 Å². The molecule has 0 radical (unpaired) electrons. The van der Waals surface area contributed by atoms with Crippen molar-refractivity contribution in [3.8, 4) is 5.75 Å². The van der Waals surface area contributed by atoms with Crippen molar-refractivity contribution in [2.75, 3.05) is 6.61 Å². The minimum absolute atomic E-state index is 0.102. The Hall–Kier alpha value is -3.77. The van der Waals surface area contributed by atoms with Crippen molar-refractivity contribution in [3.63, 3.8) is 0 Å². The van der Waals surface area contributed by atoms with Gasteiger partial charge in [-0.25, -0.2) is 17.9 Å². The van der Waals surface area contributed by atoms with Gasteiger partial charge in [-0.2, -0.15) is 5.10 Å². The number of aryl methyl sites for hydroxylation is 2. The van der Waals surface area contributed by atoms with E-state index in [0.717, 1.165) is 0 Å². The van der Waals surface area contributed by atoms with Crippen molar-refractivity contribution in [1.82, 2.24) is 20.0 Å². The van der Waals surface area contributed by atoms with Crippen LogP contribution in [-0.2, 0) is 21.4 Å². The lowest BCUT2D eigenvalue weighted by molar-refractivity contribution is -0.139. The van der Waals surface area contributed by atoms with Gasteiger partial charge in [-0.3, -0.25) is 15.0 Å². The van der Waals surface area contributed by atoms with Crippen LogP contribution in [0.2, 0.25) is 0 Å². The van der Waals surface area contributed by atoms with Crippen molar-refractivity contribution in [2.45, 2.75) is 31.7 Å². The minimum Gasteiger partial charge on any atom is -0.482 e. The average Bonchev–Trinajstić information content (AvgIpc) is 2.78. The van der Waals surface area contributed by atoms with Crippen LogP contribution in [0.3, 0.4) is 0 Å². The number of hydrogen-bond acceptors (Lipinski definition) is 7. The molecule has 0 saturated carbocycles. The molecule has 1 heterocycles. The Bertz CT molecular complexity index is 1380. The van der Waals surface area contributed by atoms with E-state index in [9.17, 15) is 22.8 Å². The molecule has 1 aromatic heterocycles. The summed E-state index contributed by atoms with van der Waals surface area (Å²) in [4.78, 5) is 37.8. The lowest BCUT2D eigenvalue weighted by Crippen LogP contribution is -2.42. The molecule has 2 aromatic carbocycles. The molecule has 3 N–H and O–H groups in total. The average molecular weight is 474 g/mol. The third-order valence-electron chi connectivity index (χ3n) is 4.62. The largest absolute Gasteiger partial charge is 0.482 e. The molecule has 174 valence electrons. The van der Waals surface area contributed by atoms with Crippen LogP contribution >= 0.6 is 0 Å². The van der Waals surface area contributed by atoms with E-state index in [2.05, 4.69) is 10.5 Å². The first-order valence-electron chi connectivity index (χ1n) is 9.91. The second-order valence-corrected chi connectivity index (χ2v) is 8.77. The molecule has 0 aliphatic heterocycles. The summed E-state index contributed by atoms with van der Waals surface area (Å²) in [6.45, 7) is 3.15. The monoisotopic (exact) mass is 474 g/mol. The Kier molecular flexibility index (Phi) is 7.09. The first-order chi connectivity index (χ1) is 15.6. The highest BCUT2D eigenvalue weighted by atomic mass is 32.2. The third-order valence-corrected chi connectivity index (χ3v) is 5.87. The van der Waals surface area contributed by atoms with E-state index in [1.807, 2.05) is 11.8 Å². The summed E-state index contributed by atoms with van der Waals surface area (Å²) >= 11 is 0. The predicted octanol–water partition coefficient (Wildman–Crippen LogP) is 1.20. The van der Waals surface area contributed by atoms with E-state index < -0.39 is 28.5 Å². The number of benzene rings is 2. The Balaban J connectivity index is 1.84. The SMILES string of the molecule is CCCn1nc(C(=O)NNS(=O)(=O)c2ccc(OCC(=O)O)c(C)c2)c2ccccc2c1=O. The molecule has 3 rings (SSSR count). The van der Waals surface area contributed by atoms with Crippen molar-refractivity contribution in [1.29, 1.82) is 0 Å². The maximum atomic E-state index is 12.8. The fourth-order valence-electron chi connectivity index (χ4n) is 3.09. The number of carbonyl (C=O) groups is 2. The summed E-state index contributed by atoms with van der Waals surface area (Å²) in [6.07, 6.45) is 0.616. The summed E-state index contributed by atoms with van der Waals surface area (Å²) in [7, 11) is -4.17. The van der Waals surface area contributed by atoms with Gasteiger partial charge in [0.2, 0.25) is 0 Å². The van der Waals surface area contributed by atoms with Crippen LogP contribution in [-0.4, -0.2) is 41.8 Å². The molecule has 0 spiro atoms. The number of rotatable bonds is 9. The van der Waals surface area contributed by atoms with Gasteiger partial charge < -0.3 is 9.84 Å². The number of carboxylic acids is 1. The molecule has 0 unspecified atom stereocenters. The molecule has 1 amide bonds. The normalized spacial score (nSPS) is 11.3. The number of fused-ring (bicyclic) bond motifs is 1. The van der Waals surface area contributed by atoms with Gasteiger partial charge in [0.1, 0.15) is 5.75 Å². The van der Waals surface area contributed by atoms with E-state index in [0.29, 0.717) is 29.3 Å². The maximum absolute atomic E-state index is 12.8. The molecular weight excluding hydrogens is 452 g/mol. The van der Waals surface area contributed by atoms with Gasteiger partial charge in [-0.1, -0.05) is 25.1 Å². The van der Waals surface area contributed by atoms with Gasteiger partial charge in [0.05, 0.1) is 10.3 Å². The topological polar surface area (TPSA) is 157 Å². The fraction of sp³-hybridized carbons (Fsp3) is 0.238. The van der Waals surface area contributed by atoms with Crippen LogP contribution in [0.1, 0.15) is 29.4 Å². The molecule has 11 nitrogen and oxygen atoms in total. The van der Waals surface area contributed by atoms with E-state index in [1.165, 1.54) is 22.9 Å². The summed E-state index contributed by atoms with van der Waals surface area (Å²) in [5.41, 5.74) is 2.08. The number of amides is 1. The molecule has 0 fully saturated rings. The quantitative estimate of drug-likeness (QED) is 0.391. The number of sulfonamides is 1. The number of hydrazine groups is 1. The minimum atomic E-state index is -4.17. The van der Waals surface area contributed by atoms with Crippen LogP contribution < -0.4 is 20.6 Å². The van der Waals surface area contributed by atoms with Crippen molar-refractivity contribution >= 4 is 32.7 Å². The Labute approximate surface area is 189 Å². The Morgan fingerprint density at radius 2 is 1.85 bits per heavy atom. The number of hydrogen-bond donors (Lipinski definition) is 3. The highest BCUT2D eigenvalue weighted by molar-refractivity contribution is 7.89. The number of aromatic nitrogens is 2. The maximum Gasteiger partial charge on any atom is 0.341 e. The highest BCUT2D eigenvalue weighted by Gasteiger charge is 2.20. The van der Waals surface area contributed by atoms with E-state index in [-0.39, 0.29) is 21.9 Å². The van der Waals surface area contributed by atoms with E-state index in [4.69, 9.17) is 9.84 Å². The predicted molar refractivity (Wildman–Crippen MR) is 118 cm³/mol. The van der Waals surface area contributed by atoms with Crippen molar-refractivity contribution < 1.29 is 27.9 Å². The Morgan fingerprint density at radius 3 is 2.48 bits per heavy atom. The molecule has 0 bridgehead atoms. The number of nitrogens with one attached hydrogen (secondary N) is 2. The molecule has 0 saturated heterocycles. The van der Waals surface area contributed by atoms with Crippen LogP contribution in [0.4, 0.5) is 0 Å². The van der Waals surface area contributed by atoms with Crippen LogP contribution in [0, 0.1) is 6.92 Å². The molecule has 12 heteroatoms. The number of nitrogens with zero attached hydrogens (tertiary/aromatic N) is 2. The van der Waals surface area contributed by atoms with Gasteiger partial charge in [-0.05, 0) is 43.2 Å². The van der Waals surface area contributed by atoms with Gasteiger partial charge in [0.15, 0.2) is 12.3 Å². The highest BCUT2D eigenvalue weighted by Crippen LogP contribution is 2.21. The van der Waals surface area contributed by atoms with Crippen LogP contribution in [0.5, 0.6) is 5.75 Å². The summed E-state index contributed by atoms with van der Waals surface area (Å²) < 4.78 is 31.6. The van der Waals surface area contributed by atoms with E-state index in [1.54, 1.807) is 31.2 Å².